The molecular formula is C25H44IN5O2. The van der Waals surface area contributed by atoms with Gasteiger partial charge in [-0.05, 0) is 77.5 Å². The first-order valence-corrected chi connectivity index (χ1v) is 12.2. The summed E-state index contributed by atoms with van der Waals surface area (Å²) in [5, 5.41) is 7.11. The third kappa shape index (κ3) is 7.97. The van der Waals surface area contributed by atoms with E-state index in [1.54, 1.807) is 7.11 Å². The van der Waals surface area contributed by atoms with Crippen LogP contribution in [0.2, 0.25) is 0 Å². The average Bonchev–Trinajstić information content (AvgIpc) is 2.84. The highest BCUT2D eigenvalue weighted by Gasteiger charge is 2.34. The third-order valence-electron chi connectivity index (χ3n) is 7.04. The van der Waals surface area contributed by atoms with Crippen molar-refractivity contribution >= 4 is 29.9 Å². The van der Waals surface area contributed by atoms with E-state index in [0.29, 0.717) is 6.04 Å². The van der Waals surface area contributed by atoms with Crippen LogP contribution in [0.5, 0.6) is 5.75 Å². The molecule has 2 fully saturated rings. The van der Waals surface area contributed by atoms with E-state index in [9.17, 15) is 0 Å². The summed E-state index contributed by atoms with van der Waals surface area (Å²) in [6.07, 6.45) is 5.92. The number of likely N-dealkylation sites (N-methyl/N-ethyl adjacent to an activating group) is 1. The van der Waals surface area contributed by atoms with E-state index in [2.05, 4.69) is 65.7 Å². The van der Waals surface area contributed by atoms with Gasteiger partial charge in [0.1, 0.15) is 5.75 Å². The smallest absolute Gasteiger partial charge is 0.191 e. The van der Waals surface area contributed by atoms with Crippen molar-refractivity contribution in [3.63, 3.8) is 0 Å². The number of aliphatic imine (C=N–C) groups is 1. The Hall–Kier alpha value is -1.10. The van der Waals surface area contributed by atoms with Crippen molar-refractivity contribution < 1.29 is 9.47 Å². The summed E-state index contributed by atoms with van der Waals surface area (Å²) < 4.78 is 11.0. The number of piperidine rings is 1. The number of methoxy groups -OCH3 is 1. The number of ether oxygens (including phenoxy) is 2. The fourth-order valence-electron chi connectivity index (χ4n) is 4.77. The Labute approximate surface area is 217 Å². The monoisotopic (exact) mass is 573 g/mol. The van der Waals surface area contributed by atoms with Gasteiger partial charge >= 0.3 is 0 Å². The molecule has 0 amide bonds. The number of hydrogen-bond donors (Lipinski definition) is 2. The van der Waals surface area contributed by atoms with Gasteiger partial charge in [-0.2, -0.15) is 0 Å². The number of halogens is 1. The lowest BCUT2D eigenvalue weighted by Gasteiger charge is -2.41. The van der Waals surface area contributed by atoms with E-state index < -0.39 is 0 Å². The van der Waals surface area contributed by atoms with Gasteiger partial charge in [0.25, 0.3) is 0 Å². The summed E-state index contributed by atoms with van der Waals surface area (Å²) in [4.78, 5) is 9.97. The quantitative estimate of drug-likeness (QED) is 0.268. The van der Waals surface area contributed by atoms with Crippen LogP contribution < -0.4 is 15.4 Å². The van der Waals surface area contributed by atoms with Crippen LogP contribution in [0.4, 0.5) is 0 Å². The largest absolute Gasteiger partial charge is 0.497 e. The lowest BCUT2D eigenvalue weighted by atomic mass is 9.89. The van der Waals surface area contributed by atoms with E-state index in [1.807, 2.05) is 0 Å². The van der Waals surface area contributed by atoms with Crippen molar-refractivity contribution in [3.8, 4) is 5.75 Å². The van der Waals surface area contributed by atoms with Crippen molar-refractivity contribution in [1.82, 2.24) is 20.4 Å². The molecule has 33 heavy (non-hydrogen) atoms. The zero-order valence-corrected chi connectivity index (χ0v) is 23.3. The highest BCUT2D eigenvalue weighted by Crippen LogP contribution is 2.27. The molecule has 0 spiro atoms. The minimum atomic E-state index is 0. The molecule has 1 aromatic rings. The Morgan fingerprint density at radius 1 is 1.12 bits per heavy atom. The first kappa shape index (κ1) is 28.1. The van der Waals surface area contributed by atoms with E-state index in [1.165, 1.54) is 24.8 Å². The Morgan fingerprint density at radius 2 is 1.79 bits per heavy atom. The van der Waals surface area contributed by atoms with Crippen molar-refractivity contribution in [2.24, 2.45) is 4.99 Å². The van der Waals surface area contributed by atoms with Crippen molar-refractivity contribution in [3.05, 3.63) is 29.8 Å². The van der Waals surface area contributed by atoms with Gasteiger partial charge in [0.05, 0.1) is 19.7 Å². The number of nitrogens with zero attached hydrogens (tertiary/aromatic N) is 3. The molecule has 188 valence electrons. The first-order chi connectivity index (χ1) is 15.6. The van der Waals surface area contributed by atoms with Gasteiger partial charge in [0.2, 0.25) is 0 Å². The molecule has 7 nitrogen and oxygen atoms in total. The minimum absolute atomic E-state index is 0. The molecule has 2 saturated heterocycles. The topological polar surface area (TPSA) is 61.4 Å². The van der Waals surface area contributed by atoms with E-state index in [-0.39, 0.29) is 29.5 Å². The lowest BCUT2D eigenvalue weighted by molar-refractivity contribution is -0.00255. The molecule has 2 heterocycles. The van der Waals surface area contributed by atoms with Crippen LogP contribution in [0.15, 0.2) is 29.3 Å². The molecule has 3 rings (SSSR count). The van der Waals surface area contributed by atoms with Crippen LogP contribution in [0, 0.1) is 0 Å². The van der Waals surface area contributed by atoms with Crippen LogP contribution in [0.25, 0.3) is 0 Å². The molecule has 0 bridgehead atoms. The number of rotatable bonds is 9. The molecule has 2 aliphatic heterocycles. The zero-order chi connectivity index (χ0) is 22.8. The standard InChI is InChI=1S/C25H43N5O2.HI/c1-5-26-24(28-20-25(29(2)3)13-17-32-18-14-25)27-19-23(30-15-7-6-8-16-30)21-9-11-22(31-4)12-10-21;/h9-12,23H,5-8,13-20H2,1-4H3,(H2,26,27,28);1H. The Bertz CT molecular complexity index is 701. The number of nitrogens with one attached hydrogen (secondary N) is 2. The number of benzene rings is 1. The van der Waals surface area contributed by atoms with Gasteiger partial charge in [0, 0.05) is 31.8 Å². The zero-order valence-electron chi connectivity index (χ0n) is 20.9. The lowest BCUT2D eigenvalue weighted by Crippen LogP contribution is -2.52. The Kier molecular flexibility index (Phi) is 12.2. The highest BCUT2D eigenvalue weighted by atomic mass is 127. The van der Waals surface area contributed by atoms with Crippen LogP contribution >= 0.6 is 24.0 Å². The first-order valence-electron chi connectivity index (χ1n) is 12.2. The fourth-order valence-corrected chi connectivity index (χ4v) is 4.77. The summed E-state index contributed by atoms with van der Waals surface area (Å²) >= 11 is 0. The second kappa shape index (κ2) is 14.3. The van der Waals surface area contributed by atoms with Gasteiger partial charge in [-0.3, -0.25) is 9.89 Å². The molecule has 1 aromatic carbocycles. The Morgan fingerprint density at radius 3 is 2.36 bits per heavy atom. The third-order valence-corrected chi connectivity index (χ3v) is 7.04. The SMILES string of the molecule is CCNC(=NCC1(N(C)C)CCOCC1)NCC(c1ccc(OC)cc1)N1CCCCC1.I. The van der Waals surface area contributed by atoms with Gasteiger partial charge in [-0.1, -0.05) is 18.6 Å². The summed E-state index contributed by atoms with van der Waals surface area (Å²) in [6.45, 7) is 8.50. The predicted molar refractivity (Wildman–Crippen MR) is 147 cm³/mol. The number of hydrogen-bond acceptors (Lipinski definition) is 5. The van der Waals surface area contributed by atoms with Crippen LogP contribution in [-0.4, -0.2) is 88.4 Å². The molecule has 2 aliphatic rings. The molecule has 0 radical (unpaired) electrons. The average molecular weight is 574 g/mol. The molecule has 2 N–H and O–H groups in total. The van der Waals surface area contributed by atoms with Gasteiger partial charge in [-0.25, -0.2) is 0 Å². The molecule has 0 saturated carbocycles. The van der Waals surface area contributed by atoms with Crippen LogP contribution in [0.1, 0.15) is 50.6 Å². The van der Waals surface area contributed by atoms with Crippen LogP contribution in [-0.2, 0) is 4.74 Å². The molecular weight excluding hydrogens is 529 g/mol. The number of guanidine groups is 1. The van der Waals surface area contributed by atoms with Crippen molar-refractivity contribution in [1.29, 1.82) is 0 Å². The maximum absolute atomic E-state index is 5.62. The Balaban J connectivity index is 0.00000385. The molecule has 0 aromatic heterocycles. The van der Waals surface area contributed by atoms with E-state index >= 15 is 0 Å². The maximum atomic E-state index is 5.62. The minimum Gasteiger partial charge on any atom is -0.497 e. The number of likely N-dealkylation sites (tertiary alicyclic amines) is 1. The summed E-state index contributed by atoms with van der Waals surface area (Å²) in [6, 6.07) is 8.85. The van der Waals surface area contributed by atoms with Gasteiger partial charge in [-0.15, -0.1) is 24.0 Å². The molecule has 1 atom stereocenters. The summed E-state index contributed by atoms with van der Waals surface area (Å²) in [5.41, 5.74) is 1.40. The summed E-state index contributed by atoms with van der Waals surface area (Å²) in [7, 11) is 6.05. The van der Waals surface area contributed by atoms with Gasteiger partial charge < -0.3 is 25.0 Å². The maximum Gasteiger partial charge on any atom is 0.191 e. The van der Waals surface area contributed by atoms with Crippen LogP contribution in [0.3, 0.4) is 0 Å². The predicted octanol–water partition coefficient (Wildman–Crippen LogP) is 3.51. The molecule has 0 aliphatic carbocycles. The normalized spacial score (nSPS) is 20.1. The molecule has 8 heteroatoms. The van der Waals surface area contributed by atoms with Gasteiger partial charge in [0.15, 0.2) is 5.96 Å². The van der Waals surface area contributed by atoms with E-state index in [0.717, 1.165) is 70.5 Å². The highest BCUT2D eigenvalue weighted by molar-refractivity contribution is 14.0. The summed E-state index contributed by atoms with van der Waals surface area (Å²) in [5.74, 6) is 1.80. The second-order valence-electron chi connectivity index (χ2n) is 9.19. The fraction of sp³-hybridized carbons (Fsp3) is 0.720. The van der Waals surface area contributed by atoms with Crippen molar-refractivity contribution in [2.75, 3.05) is 67.1 Å². The van der Waals surface area contributed by atoms with Crippen molar-refractivity contribution in [2.45, 2.75) is 50.6 Å². The second-order valence-corrected chi connectivity index (χ2v) is 9.19. The van der Waals surface area contributed by atoms with E-state index in [4.69, 9.17) is 14.5 Å². The molecule has 1 unspecified atom stereocenters.